The number of ether oxygens (including phenoxy) is 3. The van der Waals surface area contributed by atoms with Crippen molar-refractivity contribution in [3.05, 3.63) is 11.6 Å². The Labute approximate surface area is 280 Å². The van der Waals surface area contributed by atoms with E-state index in [0.29, 0.717) is 32.0 Å². The van der Waals surface area contributed by atoms with Crippen molar-refractivity contribution in [2.75, 3.05) is 33.4 Å². The second-order valence-corrected chi connectivity index (χ2v) is 16.9. The maximum Gasteiger partial charge on any atom is 0.325 e. The molecule has 11 atom stereocenters. The number of likely N-dealkylation sites (N-methyl/N-ethyl adjacent to an activating group) is 1. The van der Waals surface area contributed by atoms with Crippen LogP contribution in [0.3, 0.4) is 0 Å². The quantitative estimate of drug-likeness (QED) is 0.236. The van der Waals surface area contributed by atoms with E-state index in [1.54, 1.807) is 7.05 Å². The Morgan fingerprint density at radius 1 is 1.00 bits per heavy atom. The van der Waals surface area contributed by atoms with Gasteiger partial charge in [-0.1, -0.05) is 60.1 Å². The Kier molecular flexibility index (Phi) is 9.50. The van der Waals surface area contributed by atoms with Crippen molar-refractivity contribution in [2.24, 2.45) is 56.7 Å². The minimum Gasteiger partial charge on any atom is -0.481 e. The molecule has 3 N–H and O–H groups in total. The topological polar surface area (TPSA) is 140 Å². The Balaban J connectivity index is 1.53. The molecular weight excluding hydrogens is 600 g/mol. The van der Waals surface area contributed by atoms with Crippen molar-refractivity contribution in [1.29, 1.82) is 0 Å². The van der Waals surface area contributed by atoms with Crippen molar-refractivity contribution >= 4 is 23.8 Å². The maximum atomic E-state index is 13.3. The summed E-state index contributed by atoms with van der Waals surface area (Å²) in [5.41, 5.74) is -0.728. The summed E-state index contributed by atoms with van der Waals surface area (Å²) in [4.78, 5) is 50.9. The van der Waals surface area contributed by atoms with Crippen molar-refractivity contribution in [3.63, 3.8) is 0 Å². The Morgan fingerprint density at radius 2 is 1.70 bits per heavy atom. The smallest absolute Gasteiger partial charge is 0.325 e. The van der Waals surface area contributed by atoms with Gasteiger partial charge in [0, 0.05) is 17.8 Å². The van der Waals surface area contributed by atoms with Crippen molar-refractivity contribution in [2.45, 2.75) is 106 Å². The SMILES string of the molecule is CNCC(=O)NCC(=O)O[C@H]1[C@H](OC(C)=O)C[C@@]23COC[C@]1(C)[C@@H]2CC[C@H]1C3=CC[C@@]2(C)[C@H](C(=O)O)[C@@](C)([C@H](C)C(C)C)CC[C@]12C. The molecule has 0 aromatic carbocycles. The minimum atomic E-state index is -0.732. The summed E-state index contributed by atoms with van der Waals surface area (Å²) in [5.74, 6) is -1.57. The van der Waals surface area contributed by atoms with Crippen LogP contribution < -0.4 is 10.6 Å². The third-order valence-corrected chi connectivity index (χ3v) is 14.4. The molecule has 0 aromatic rings. The Bertz CT molecular complexity index is 1310. The summed E-state index contributed by atoms with van der Waals surface area (Å²) in [5, 5.41) is 16.3. The van der Waals surface area contributed by atoms with E-state index < -0.39 is 52.3 Å². The van der Waals surface area contributed by atoms with Crippen LogP contribution in [-0.4, -0.2) is 74.5 Å². The van der Waals surface area contributed by atoms with Gasteiger partial charge in [-0.25, -0.2) is 0 Å². The van der Waals surface area contributed by atoms with E-state index in [9.17, 15) is 24.3 Å². The predicted molar refractivity (Wildman–Crippen MR) is 176 cm³/mol. The zero-order chi connectivity index (χ0) is 34.7. The number of nitrogens with one attached hydrogen (secondary N) is 2. The van der Waals surface area contributed by atoms with E-state index in [1.165, 1.54) is 12.5 Å². The van der Waals surface area contributed by atoms with Gasteiger partial charge >= 0.3 is 17.9 Å². The van der Waals surface area contributed by atoms with Gasteiger partial charge in [-0.15, -0.1) is 0 Å². The molecule has 4 fully saturated rings. The molecule has 3 saturated carbocycles. The lowest BCUT2D eigenvalue weighted by atomic mass is 9.34. The van der Waals surface area contributed by atoms with Crippen LogP contribution in [0.15, 0.2) is 11.6 Å². The number of hydrogen-bond acceptors (Lipinski definition) is 8. The van der Waals surface area contributed by atoms with E-state index in [0.717, 1.165) is 25.7 Å². The second-order valence-electron chi connectivity index (χ2n) is 16.9. The highest BCUT2D eigenvalue weighted by molar-refractivity contribution is 5.83. The molecule has 0 unspecified atom stereocenters. The highest BCUT2D eigenvalue weighted by Gasteiger charge is 2.72. The zero-order valence-corrected chi connectivity index (χ0v) is 30.0. The molecule has 1 saturated heterocycles. The third-order valence-electron chi connectivity index (χ3n) is 14.4. The summed E-state index contributed by atoms with van der Waals surface area (Å²) >= 11 is 0. The molecule has 2 bridgehead atoms. The number of carboxylic acid groups (broad SMARTS) is 1. The molecule has 47 heavy (non-hydrogen) atoms. The number of amides is 1. The summed E-state index contributed by atoms with van der Waals surface area (Å²) in [6, 6.07) is 0. The van der Waals surface area contributed by atoms with Crippen molar-refractivity contribution in [3.8, 4) is 0 Å². The van der Waals surface area contributed by atoms with Crippen LogP contribution in [0.4, 0.5) is 0 Å². The van der Waals surface area contributed by atoms with Crippen LogP contribution in [0.5, 0.6) is 0 Å². The Morgan fingerprint density at radius 3 is 2.32 bits per heavy atom. The molecule has 10 nitrogen and oxygen atoms in total. The van der Waals surface area contributed by atoms with E-state index in [-0.39, 0.29) is 47.6 Å². The number of carbonyl (C=O) groups excluding carboxylic acids is 3. The fourth-order valence-corrected chi connectivity index (χ4v) is 11.7. The number of hydrogen-bond donors (Lipinski definition) is 3. The first-order valence-electron chi connectivity index (χ1n) is 17.7. The first kappa shape index (κ1) is 35.8. The van der Waals surface area contributed by atoms with E-state index >= 15 is 0 Å². The van der Waals surface area contributed by atoms with Crippen molar-refractivity contribution in [1.82, 2.24) is 10.6 Å². The number of rotatable bonds is 9. The highest BCUT2D eigenvalue weighted by atomic mass is 16.6. The summed E-state index contributed by atoms with van der Waals surface area (Å²) < 4.78 is 18.6. The normalized spacial score (nSPS) is 42.9. The Hall–Kier alpha value is -2.46. The summed E-state index contributed by atoms with van der Waals surface area (Å²) in [6.45, 7) is 17.6. The van der Waals surface area contributed by atoms with Gasteiger partial charge in [-0.3, -0.25) is 19.2 Å². The average Bonchev–Trinajstić information content (AvgIpc) is 2.98. The molecule has 5 rings (SSSR count). The zero-order valence-electron chi connectivity index (χ0n) is 30.0. The molecule has 1 aliphatic heterocycles. The second kappa shape index (κ2) is 12.5. The van der Waals surface area contributed by atoms with Crippen LogP contribution in [0, 0.1) is 56.7 Å². The molecule has 264 valence electrons. The van der Waals surface area contributed by atoms with E-state index in [2.05, 4.69) is 65.2 Å². The molecule has 0 aromatic heterocycles. The number of esters is 2. The summed E-state index contributed by atoms with van der Waals surface area (Å²) in [6.07, 6.45) is 5.69. The molecule has 4 aliphatic carbocycles. The first-order chi connectivity index (χ1) is 21.9. The lowest BCUT2D eigenvalue weighted by Crippen LogP contribution is -2.70. The number of carboxylic acids is 1. The largest absolute Gasteiger partial charge is 0.481 e. The highest BCUT2D eigenvalue weighted by Crippen LogP contribution is 2.75. The van der Waals surface area contributed by atoms with Gasteiger partial charge in [0.2, 0.25) is 5.91 Å². The molecule has 5 aliphatic rings. The fraction of sp³-hybridized carbons (Fsp3) is 0.838. The summed E-state index contributed by atoms with van der Waals surface area (Å²) in [7, 11) is 1.65. The molecule has 0 spiro atoms. The average molecular weight is 659 g/mol. The lowest BCUT2D eigenvalue weighted by molar-refractivity contribution is -0.262. The van der Waals surface area contributed by atoms with Gasteiger partial charge in [0.1, 0.15) is 18.8 Å². The standard InChI is InChI=1S/C37H58N2O8/c1-21(2)22(3)33(5)14-15-35(7)24-10-11-27-34(6)19-45-20-37(27,25(24)12-13-36(35,8)30(33)32(43)44)16-26(46-23(4)40)31(34)47-29(42)18-39-28(41)17-38-9/h12,21-22,24,26-27,30-31,38H,10-11,13-20H2,1-9H3,(H,39,41)(H,43,44)/t22-,24+,26-,27+,30-,31+,33-,34-,35-,36+,37+/m1/s1. The van der Waals surface area contributed by atoms with Gasteiger partial charge < -0.3 is 30.0 Å². The fourth-order valence-electron chi connectivity index (χ4n) is 11.7. The minimum absolute atomic E-state index is 0.0837. The van der Waals surface area contributed by atoms with Gasteiger partial charge in [-0.2, -0.15) is 0 Å². The van der Waals surface area contributed by atoms with Crippen LogP contribution in [-0.2, 0) is 33.4 Å². The molecule has 1 heterocycles. The number of fused-ring (bicyclic) bond motifs is 3. The molecular formula is C37H58N2O8. The molecule has 10 heteroatoms. The van der Waals surface area contributed by atoms with Crippen LogP contribution in [0.2, 0.25) is 0 Å². The number of allylic oxidation sites excluding steroid dienone is 1. The lowest BCUT2D eigenvalue weighted by Gasteiger charge is -2.71. The van der Waals surface area contributed by atoms with Crippen LogP contribution in [0.1, 0.15) is 93.9 Å². The number of carbonyl (C=O) groups is 4. The van der Waals surface area contributed by atoms with E-state index in [1.807, 2.05) is 0 Å². The van der Waals surface area contributed by atoms with Gasteiger partial charge in [0.05, 0.1) is 25.7 Å². The number of aliphatic carboxylic acids is 1. The van der Waals surface area contributed by atoms with Gasteiger partial charge in [0.25, 0.3) is 0 Å². The van der Waals surface area contributed by atoms with Crippen LogP contribution >= 0.6 is 0 Å². The first-order valence-corrected chi connectivity index (χ1v) is 17.7. The predicted octanol–water partition coefficient (Wildman–Crippen LogP) is 4.75. The van der Waals surface area contributed by atoms with Gasteiger partial charge in [-0.05, 0) is 85.5 Å². The van der Waals surface area contributed by atoms with Crippen molar-refractivity contribution < 1.29 is 38.5 Å². The van der Waals surface area contributed by atoms with Crippen LogP contribution in [0.25, 0.3) is 0 Å². The van der Waals surface area contributed by atoms with E-state index in [4.69, 9.17) is 14.2 Å². The van der Waals surface area contributed by atoms with Gasteiger partial charge in [0.15, 0.2) is 0 Å². The molecule has 1 amide bonds. The maximum absolute atomic E-state index is 13.3. The monoisotopic (exact) mass is 658 g/mol. The molecule has 0 radical (unpaired) electrons. The third kappa shape index (κ3) is 5.44.